The summed E-state index contributed by atoms with van der Waals surface area (Å²) < 4.78 is 2.16. The van der Waals surface area contributed by atoms with Crippen LogP contribution in [0.3, 0.4) is 0 Å². The summed E-state index contributed by atoms with van der Waals surface area (Å²) in [6.45, 7) is 4.19. The molecule has 1 aliphatic rings. The molecule has 4 aromatic rings. The lowest BCUT2D eigenvalue weighted by Gasteiger charge is -2.28. The molecule has 3 heterocycles. The Balaban J connectivity index is 1.70. The normalized spacial score (nSPS) is 17.9. The second-order valence-corrected chi connectivity index (χ2v) is 9.24. The Hall–Kier alpha value is -2.86. The third kappa shape index (κ3) is 3.80. The van der Waals surface area contributed by atoms with E-state index in [2.05, 4.69) is 51.8 Å². The quantitative estimate of drug-likeness (QED) is 0.311. The first kappa shape index (κ1) is 22.0. The van der Waals surface area contributed by atoms with E-state index < -0.39 is 0 Å². The van der Waals surface area contributed by atoms with Crippen LogP contribution in [0, 0.1) is 13.8 Å². The number of halogens is 2. The molecule has 1 N–H and O–H groups in total. The molecule has 5 rings (SSSR count). The predicted molar refractivity (Wildman–Crippen MR) is 140 cm³/mol. The zero-order valence-corrected chi connectivity index (χ0v) is 20.5. The zero-order valence-electron chi connectivity index (χ0n) is 18.2. The Morgan fingerprint density at radius 3 is 2.42 bits per heavy atom. The Labute approximate surface area is 208 Å². The van der Waals surface area contributed by atoms with Gasteiger partial charge in [0.2, 0.25) is 0 Å². The van der Waals surface area contributed by atoms with Crippen molar-refractivity contribution in [3.8, 4) is 5.69 Å². The Morgan fingerprint density at radius 2 is 1.70 bits per heavy atom. The molecule has 2 aromatic carbocycles. The number of aryl methyl sites for hydroxylation is 1. The van der Waals surface area contributed by atoms with Gasteiger partial charge in [0.1, 0.15) is 0 Å². The molecule has 2 aromatic heterocycles. The summed E-state index contributed by atoms with van der Waals surface area (Å²) in [5, 5.41) is 5.26. The highest BCUT2D eigenvalue weighted by Crippen LogP contribution is 2.44. The van der Waals surface area contributed by atoms with Gasteiger partial charge in [-0.15, -0.1) is 0 Å². The van der Waals surface area contributed by atoms with Gasteiger partial charge < -0.3 is 14.8 Å². The molecule has 1 saturated heterocycles. The largest absolute Gasteiger partial charge is 0.351 e. The van der Waals surface area contributed by atoms with Crippen molar-refractivity contribution in [2.75, 3.05) is 4.90 Å². The van der Waals surface area contributed by atoms with Gasteiger partial charge in [0, 0.05) is 23.3 Å². The van der Waals surface area contributed by atoms with Crippen LogP contribution in [0.2, 0.25) is 10.0 Å². The number of benzene rings is 2. The molecule has 166 valence electrons. The average molecular weight is 493 g/mol. The molecule has 2 atom stereocenters. The second-order valence-electron chi connectivity index (χ2n) is 8.07. The molecule has 1 fully saturated rings. The van der Waals surface area contributed by atoms with Gasteiger partial charge >= 0.3 is 0 Å². The van der Waals surface area contributed by atoms with Crippen LogP contribution in [0.1, 0.15) is 34.7 Å². The summed E-state index contributed by atoms with van der Waals surface area (Å²) in [4.78, 5) is 6.83. The summed E-state index contributed by atoms with van der Waals surface area (Å²) in [6, 6.07) is 23.9. The monoisotopic (exact) mass is 492 g/mol. The van der Waals surface area contributed by atoms with Crippen LogP contribution in [-0.4, -0.2) is 14.7 Å². The Kier molecular flexibility index (Phi) is 5.87. The predicted octanol–water partition coefficient (Wildman–Crippen LogP) is 6.97. The minimum absolute atomic E-state index is 0.0901. The standard InChI is InChI=1S/C26H22Cl2N4S/c1-16-15-19(17(2)31(16)22-13-8-11-20(27)23(22)28)25-24(21-12-6-7-14-29-21)30-26(33)32(25)18-9-4-3-5-10-18/h3-15,24-25H,1-2H3,(H,30,33)/t24-,25+/m0/s1. The van der Waals surface area contributed by atoms with E-state index in [0.717, 1.165) is 34.0 Å². The SMILES string of the molecule is Cc1cc([C@@H]2[C@H](c3ccccn3)NC(=S)N2c2ccccc2)c(C)n1-c1cccc(Cl)c1Cl. The van der Waals surface area contributed by atoms with Crippen LogP contribution in [-0.2, 0) is 0 Å². The lowest BCUT2D eigenvalue weighted by Crippen LogP contribution is -2.29. The van der Waals surface area contributed by atoms with E-state index in [0.29, 0.717) is 15.2 Å². The highest BCUT2D eigenvalue weighted by Gasteiger charge is 2.42. The average Bonchev–Trinajstić information content (AvgIpc) is 3.32. The van der Waals surface area contributed by atoms with E-state index in [4.69, 9.17) is 35.4 Å². The lowest BCUT2D eigenvalue weighted by atomic mass is 9.96. The molecular formula is C26H22Cl2N4S. The van der Waals surface area contributed by atoms with E-state index in [1.54, 1.807) is 6.07 Å². The van der Waals surface area contributed by atoms with Crippen LogP contribution in [0.4, 0.5) is 5.69 Å². The molecule has 33 heavy (non-hydrogen) atoms. The van der Waals surface area contributed by atoms with E-state index >= 15 is 0 Å². The van der Waals surface area contributed by atoms with Crippen LogP contribution >= 0.6 is 35.4 Å². The number of thiocarbonyl (C=S) groups is 1. The molecule has 0 bridgehead atoms. The van der Waals surface area contributed by atoms with Crippen molar-refractivity contribution in [3.05, 3.63) is 112 Å². The maximum atomic E-state index is 6.61. The molecule has 4 nitrogen and oxygen atoms in total. The molecule has 0 saturated carbocycles. The molecular weight excluding hydrogens is 471 g/mol. The van der Waals surface area contributed by atoms with Crippen molar-refractivity contribution in [2.45, 2.75) is 25.9 Å². The van der Waals surface area contributed by atoms with E-state index in [1.807, 2.05) is 54.7 Å². The van der Waals surface area contributed by atoms with Crippen molar-refractivity contribution >= 4 is 46.2 Å². The number of rotatable bonds is 4. The third-order valence-electron chi connectivity index (χ3n) is 6.09. The number of hydrogen-bond acceptors (Lipinski definition) is 2. The van der Waals surface area contributed by atoms with Crippen molar-refractivity contribution < 1.29 is 0 Å². The van der Waals surface area contributed by atoms with Crippen LogP contribution in [0.15, 0.2) is 79.0 Å². The Bertz CT molecular complexity index is 1320. The van der Waals surface area contributed by atoms with E-state index in [1.165, 1.54) is 0 Å². The minimum Gasteiger partial charge on any atom is -0.351 e. The van der Waals surface area contributed by atoms with Gasteiger partial charge in [-0.3, -0.25) is 4.98 Å². The first-order valence-corrected chi connectivity index (χ1v) is 11.8. The molecule has 0 unspecified atom stereocenters. The fourth-order valence-corrected chi connectivity index (χ4v) is 5.39. The van der Waals surface area contributed by atoms with Crippen molar-refractivity contribution in [2.24, 2.45) is 0 Å². The van der Waals surface area contributed by atoms with E-state index in [9.17, 15) is 0 Å². The summed E-state index contributed by atoms with van der Waals surface area (Å²) in [5.74, 6) is 0. The smallest absolute Gasteiger partial charge is 0.174 e. The summed E-state index contributed by atoms with van der Waals surface area (Å²) in [6.07, 6.45) is 1.82. The van der Waals surface area contributed by atoms with Gasteiger partial charge in [-0.05, 0) is 74.1 Å². The number of pyridine rings is 1. The minimum atomic E-state index is -0.109. The zero-order chi connectivity index (χ0) is 23.1. The van der Waals surface area contributed by atoms with Gasteiger partial charge in [-0.25, -0.2) is 0 Å². The first-order valence-electron chi connectivity index (χ1n) is 10.7. The fourth-order valence-electron chi connectivity index (χ4n) is 4.66. The molecule has 0 amide bonds. The summed E-state index contributed by atoms with van der Waals surface area (Å²) >= 11 is 18.8. The summed E-state index contributed by atoms with van der Waals surface area (Å²) in [5.41, 5.74) is 6.13. The number of hydrogen-bond donors (Lipinski definition) is 1. The Morgan fingerprint density at radius 1 is 0.939 bits per heavy atom. The number of para-hydroxylation sites is 1. The molecule has 7 heteroatoms. The van der Waals surface area contributed by atoms with Crippen LogP contribution in [0.25, 0.3) is 5.69 Å². The molecule has 0 radical (unpaired) electrons. The van der Waals surface area contributed by atoms with Crippen LogP contribution in [0.5, 0.6) is 0 Å². The van der Waals surface area contributed by atoms with Crippen molar-refractivity contribution in [1.82, 2.24) is 14.9 Å². The van der Waals surface area contributed by atoms with Gasteiger partial charge in [-0.1, -0.05) is 53.5 Å². The molecule has 0 spiro atoms. The van der Waals surface area contributed by atoms with Crippen LogP contribution < -0.4 is 10.2 Å². The fraction of sp³-hybridized carbons (Fsp3) is 0.154. The number of anilines is 1. The topological polar surface area (TPSA) is 33.1 Å². The first-order chi connectivity index (χ1) is 16.0. The highest BCUT2D eigenvalue weighted by atomic mass is 35.5. The number of aromatic nitrogens is 2. The highest BCUT2D eigenvalue weighted by molar-refractivity contribution is 7.80. The van der Waals surface area contributed by atoms with E-state index in [-0.39, 0.29) is 12.1 Å². The van der Waals surface area contributed by atoms with Gasteiger partial charge in [0.15, 0.2) is 5.11 Å². The van der Waals surface area contributed by atoms with Crippen molar-refractivity contribution in [3.63, 3.8) is 0 Å². The van der Waals surface area contributed by atoms with Gasteiger partial charge in [0.05, 0.1) is 33.5 Å². The second kappa shape index (κ2) is 8.82. The third-order valence-corrected chi connectivity index (χ3v) is 7.22. The molecule has 1 aliphatic heterocycles. The lowest BCUT2D eigenvalue weighted by molar-refractivity contribution is 0.565. The maximum Gasteiger partial charge on any atom is 0.174 e. The summed E-state index contributed by atoms with van der Waals surface area (Å²) in [7, 11) is 0. The number of nitrogens with zero attached hydrogens (tertiary/aromatic N) is 3. The van der Waals surface area contributed by atoms with Crippen molar-refractivity contribution in [1.29, 1.82) is 0 Å². The molecule has 0 aliphatic carbocycles. The van der Waals surface area contributed by atoms with Gasteiger partial charge in [0.25, 0.3) is 0 Å². The van der Waals surface area contributed by atoms with Gasteiger partial charge in [-0.2, -0.15) is 0 Å². The number of nitrogens with one attached hydrogen (secondary N) is 1. The maximum absolute atomic E-state index is 6.61.